The maximum absolute atomic E-state index is 13.3. The van der Waals surface area contributed by atoms with Gasteiger partial charge in [-0.2, -0.15) is 18.4 Å². The standard InChI is InChI=1S/C31H37F3N6O3S/c1-7-39-26(16-21(18-35)27(42)37-20-31(32,33)34)44-24(28(39)43)12-15-36-22-10-8-11-23(17-22)38(6)25(41)19-40-29(2,3)13-9-14-30(40,4)5/h8,10-11,15,17,36H,7,9,13-14,19-20H2,1-6H3,(H,37,42). The number of carbonyl (C=O) groups excluding carboxylic acids is 2. The summed E-state index contributed by atoms with van der Waals surface area (Å²) in [7, 11) is 1.73. The molecule has 9 nitrogen and oxygen atoms in total. The predicted octanol–water partition coefficient (Wildman–Crippen LogP) is 3.45. The number of likely N-dealkylation sites (tertiary alicyclic amines) is 1. The van der Waals surface area contributed by atoms with E-state index in [4.69, 9.17) is 0 Å². The molecule has 13 heteroatoms. The van der Waals surface area contributed by atoms with E-state index in [0.29, 0.717) is 11.4 Å². The second kappa shape index (κ2) is 13.7. The van der Waals surface area contributed by atoms with Crippen LogP contribution in [0.3, 0.4) is 0 Å². The van der Waals surface area contributed by atoms with Crippen molar-refractivity contribution in [3.63, 3.8) is 0 Å². The molecule has 1 aliphatic heterocycles. The number of nitrogens with zero attached hydrogens (tertiary/aromatic N) is 4. The summed E-state index contributed by atoms with van der Waals surface area (Å²) < 4.78 is 38.8. The first-order valence-electron chi connectivity index (χ1n) is 14.1. The number of thiazole rings is 1. The van der Waals surface area contributed by atoms with Crippen molar-refractivity contribution < 1.29 is 22.8 Å². The van der Waals surface area contributed by atoms with Gasteiger partial charge in [0.2, 0.25) is 5.91 Å². The van der Waals surface area contributed by atoms with E-state index in [0.717, 1.165) is 30.6 Å². The third-order valence-electron chi connectivity index (χ3n) is 7.60. The molecule has 2 N–H and O–H groups in total. The summed E-state index contributed by atoms with van der Waals surface area (Å²) in [6.07, 6.45) is -0.0555. The quantitative estimate of drug-likeness (QED) is 0.342. The van der Waals surface area contributed by atoms with Gasteiger partial charge in [0.05, 0.1) is 6.54 Å². The Bertz CT molecular complexity index is 1690. The number of piperidine rings is 1. The van der Waals surface area contributed by atoms with Crippen LogP contribution < -0.4 is 30.3 Å². The number of hydrogen-bond donors (Lipinski definition) is 2. The average Bonchev–Trinajstić information content (AvgIpc) is 3.24. The summed E-state index contributed by atoms with van der Waals surface area (Å²) in [6.45, 7) is 9.21. The van der Waals surface area contributed by atoms with Gasteiger partial charge in [-0.1, -0.05) is 28.9 Å². The molecule has 1 aromatic carbocycles. The third-order valence-corrected chi connectivity index (χ3v) is 8.61. The van der Waals surface area contributed by atoms with Crippen LogP contribution in [0, 0.1) is 11.3 Å². The number of rotatable bonds is 8. The van der Waals surface area contributed by atoms with Gasteiger partial charge in [0.25, 0.3) is 11.5 Å². The molecule has 1 saturated heterocycles. The number of halogens is 3. The second-order valence-corrected chi connectivity index (χ2v) is 12.7. The predicted molar refractivity (Wildman–Crippen MR) is 165 cm³/mol. The monoisotopic (exact) mass is 630 g/mol. The summed E-state index contributed by atoms with van der Waals surface area (Å²) in [6, 6.07) is 8.74. The summed E-state index contributed by atoms with van der Waals surface area (Å²) in [4.78, 5) is 42.1. The highest BCUT2D eigenvalue weighted by atomic mass is 32.1. The van der Waals surface area contributed by atoms with Crippen LogP contribution in [0.25, 0.3) is 11.5 Å². The highest BCUT2D eigenvalue weighted by molar-refractivity contribution is 7.07. The number of aromatic nitrogens is 1. The van der Waals surface area contributed by atoms with Gasteiger partial charge in [0.15, 0.2) is 5.57 Å². The molecular formula is C31H37F3N6O3S. The molecule has 0 radical (unpaired) electrons. The summed E-state index contributed by atoms with van der Waals surface area (Å²) in [5, 5.41) is 13.9. The van der Waals surface area contributed by atoms with Crippen LogP contribution in [0.5, 0.6) is 0 Å². The number of benzene rings is 1. The molecule has 2 aromatic rings. The number of nitrogens with one attached hydrogen (secondary N) is 2. The lowest BCUT2D eigenvalue weighted by Gasteiger charge is -2.52. The molecule has 2 amide bonds. The number of amides is 2. The van der Waals surface area contributed by atoms with Gasteiger partial charge in [-0.25, -0.2) is 0 Å². The molecule has 2 heterocycles. The molecule has 236 valence electrons. The van der Waals surface area contributed by atoms with Gasteiger partial charge in [-0.15, -0.1) is 0 Å². The molecule has 0 bridgehead atoms. The molecular weight excluding hydrogens is 593 g/mol. The third kappa shape index (κ3) is 8.52. The zero-order chi connectivity index (χ0) is 32.9. The molecule has 0 spiro atoms. The fraction of sp³-hybridized carbons (Fsp3) is 0.484. The zero-order valence-electron chi connectivity index (χ0n) is 25.7. The van der Waals surface area contributed by atoms with Gasteiger partial charge in [0, 0.05) is 42.2 Å². The largest absolute Gasteiger partial charge is 0.405 e. The average molecular weight is 631 g/mol. The molecule has 0 atom stereocenters. The van der Waals surface area contributed by atoms with E-state index in [1.54, 1.807) is 42.4 Å². The van der Waals surface area contributed by atoms with Crippen LogP contribution in [0.4, 0.5) is 24.5 Å². The van der Waals surface area contributed by atoms with Crippen molar-refractivity contribution in [3.8, 4) is 6.07 Å². The minimum Gasteiger partial charge on any atom is -0.355 e. The van der Waals surface area contributed by atoms with Crippen molar-refractivity contribution in [1.82, 2.24) is 14.8 Å². The van der Waals surface area contributed by atoms with Crippen LogP contribution >= 0.6 is 11.3 Å². The molecule has 3 rings (SSSR count). The highest BCUT2D eigenvalue weighted by Gasteiger charge is 2.42. The number of alkyl halides is 3. The normalized spacial score (nSPS) is 15.7. The first kappa shape index (κ1) is 34.4. The lowest BCUT2D eigenvalue weighted by molar-refractivity contribution is -0.136. The minimum atomic E-state index is -4.64. The van der Waals surface area contributed by atoms with E-state index in [9.17, 15) is 32.8 Å². The number of nitriles is 1. The molecule has 0 unspecified atom stereocenters. The number of likely N-dealkylation sites (N-methyl/N-ethyl adjacent to an activating group) is 1. The van der Waals surface area contributed by atoms with Crippen LogP contribution in [0.2, 0.25) is 0 Å². The Morgan fingerprint density at radius 1 is 1.18 bits per heavy atom. The minimum absolute atomic E-state index is 0.0355. The summed E-state index contributed by atoms with van der Waals surface area (Å²) >= 11 is 0.884. The molecule has 0 saturated carbocycles. The van der Waals surface area contributed by atoms with Crippen molar-refractivity contribution in [3.05, 3.63) is 55.6 Å². The first-order valence-corrected chi connectivity index (χ1v) is 14.9. The maximum Gasteiger partial charge on any atom is 0.405 e. The van der Waals surface area contributed by atoms with Crippen LogP contribution in [0.15, 0.2) is 40.8 Å². The van der Waals surface area contributed by atoms with E-state index in [1.165, 1.54) is 16.8 Å². The molecule has 1 aliphatic rings. The van der Waals surface area contributed by atoms with Gasteiger partial charge < -0.3 is 15.5 Å². The molecule has 44 heavy (non-hydrogen) atoms. The second-order valence-electron chi connectivity index (χ2n) is 11.7. The SMILES string of the molecule is CCn1c(=C=C(C#N)C(=O)NCC(F)(F)F)sc(=C=CNc2cccc(N(C)C(=O)CN3C(C)(C)CCCC3(C)C)c2)c1=O. The fourth-order valence-electron chi connectivity index (χ4n) is 5.24. The fourth-order valence-corrected chi connectivity index (χ4v) is 6.22. The smallest absolute Gasteiger partial charge is 0.355 e. The topological polar surface area (TPSA) is 110 Å². The van der Waals surface area contributed by atoms with Gasteiger partial charge in [0.1, 0.15) is 21.8 Å². The van der Waals surface area contributed by atoms with Crippen LogP contribution in [-0.2, 0) is 16.1 Å². The van der Waals surface area contributed by atoms with E-state index in [2.05, 4.69) is 49.4 Å². The first-order chi connectivity index (χ1) is 20.5. The van der Waals surface area contributed by atoms with Crippen molar-refractivity contribution in [2.75, 3.05) is 30.4 Å². The van der Waals surface area contributed by atoms with Crippen molar-refractivity contribution in [2.45, 2.75) is 77.7 Å². The van der Waals surface area contributed by atoms with Crippen LogP contribution in [-0.4, -0.2) is 58.7 Å². The molecule has 1 fully saturated rings. The molecule has 0 aliphatic carbocycles. The van der Waals surface area contributed by atoms with E-state index < -0.39 is 29.8 Å². The molecule has 1 aromatic heterocycles. The van der Waals surface area contributed by atoms with E-state index in [1.807, 2.05) is 6.07 Å². The Labute approximate surface area is 258 Å². The maximum atomic E-state index is 13.3. The van der Waals surface area contributed by atoms with E-state index >= 15 is 0 Å². The van der Waals surface area contributed by atoms with Crippen molar-refractivity contribution >= 4 is 46.0 Å². The van der Waals surface area contributed by atoms with Crippen LogP contribution in [0.1, 0.15) is 53.9 Å². The summed E-state index contributed by atoms with van der Waals surface area (Å²) in [5.41, 5.74) is 5.29. The lowest BCUT2D eigenvalue weighted by atomic mass is 9.80. The number of carbonyl (C=O) groups is 2. The lowest BCUT2D eigenvalue weighted by Crippen LogP contribution is -2.61. The Balaban J connectivity index is 1.86. The highest BCUT2D eigenvalue weighted by Crippen LogP contribution is 2.38. The van der Waals surface area contributed by atoms with Gasteiger partial charge in [-0.05, 0) is 72.1 Å². The Morgan fingerprint density at radius 2 is 1.84 bits per heavy atom. The van der Waals surface area contributed by atoms with Gasteiger partial charge >= 0.3 is 6.18 Å². The van der Waals surface area contributed by atoms with Crippen molar-refractivity contribution in [2.24, 2.45) is 0 Å². The number of anilines is 2. The Kier molecular flexibility index (Phi) is 10.7. The van der Waals surface area contributed by atoms with Crippen molar-refractivity contribution in [1.29, 1.82) is 5.26 Å². The summed E-state index contributed by atoms with van der Waals surface area (Å²) in [5.74, 6) is -1.28. The Morgan fingerprint density at radius 3 is 2.43 bits per heavy atom. The Hall–Kier alpha value is -4.07. The zero-order valence-corrected chi connectivity index (χ0v) is 26.5. The van der Waals surface area contributed by atoms with Gasteiger partial charge in [-0.3, -0.25) is 23.9 Å². The van der Waals surface area contributed by atoms with E-state index in [-0.39, 0.29) is 39.3 Å². The number of hydrogen-bond acceptors (Lipinski definition) is 7.